The maximum atomic E-state index is 8.77. The molecular weight excluding hydrogens is 144 g/mol. The Bertz CT molecular complexity index is 148. The van der Waals surface area contributed by atoms with E-state index in [1.165, 1.54) is 6.42 Å². The first-order valence-corrected chi connectivity index (χ1v) is 4.16. The Morgan fingerprint density at radius 1 is 1.64 bits per heavy atom. The average molecular weight is 158 g/mol. The molecule has 1 saturated carbocycles. The van der Waals surface area contributed by atoms with Gasteiger partial charge in [0, 0.05) is 19.6 Å². The van der Waals surface area contributed by atoms with Gasteiger partial charge in [-0.1, -0.05) is 0 Å². The van der Waals surface area contributed by atoms with Crippen LogP contribution < -0.4 is 0 Å². The molecule has 2 fully saturated rings. The molecule has 1 aliphatic heterocycles. The fraction of sp³-hybridized carbons (Fsp3) is 1.00. The molecule has 1 aliphatic carbocycles. The predicted molar refractivity (Wildman–Crippen MR) is 39.0 cm³/mol. The lowest BCUT2D eigenvalue weighted by molar-refractivity contribution is -0.134. The van der Waals surface area contributed by atoms with E-state index < -0.39 is 0 Å². The van der Waals surface area contributed by atoms with Crippen molar-refractivity contribution in [2.45, 2.75) is 25.2 Å². The van der Waals surface area contributed by atoms with Crippen LogP contribution in [0.15, 0.2) is 0 Å². The Hall–Kier alpha value is -0.120. The highest BCUT2D eigenvalue weighted by molar-refractivity contribution is 4.99. The van der Waals surface area contributed by atoms with Gasteiger partial charge in [0.2, 0.25) is 0 Å². The van der Waals surface area contributed by atoms with Crippen LogP contribution in [0.1, 0.15) is 12.8 Å². The van der Waals surface area contributed by atoms with Crippen LogP contribution in [0, 0.1) is 11.8 Å². The summed E-state index contributed by atoms with van der Waals surface area (Å²) in [5, 5.41) is 8.77. The van der Waals surface area contributed by atoms with Crippen molar-refractivity contribution in [2.75, 3.05) is 13.7 Å². The molecule has 0 aromatic carbocycles. The van der Waals surface area contributed by atoms with Crippen molar-refractivity contribution in [2.24, 2.45) is 11.8 Å². The van der Waals surface area contributed by atoms with Crippen LogP contribution in [-0.4, -0.2) is 31.2 Å². The molecule has 3 nitrogen and oxygen atoms in total. The molecule has 3 heteroatoms. The zero-order valence-electron chi connectivity index (χ0n) is 6.69. The van der Waals surface area contributed by atoms with Gasteiger partial charge >= 0.3 is 0 Å². The first-order chi connectivity index (χ1) is 5.36. The van der Waals surface area contributed by atoms with Gasteiger partial charge in [0.25, 0.3) is 0 Å². The average Bonchev–Trinajstić information content (AvgIpc) is 2.70. The molecule has 2 aliphatic rings. The van der Waals surface area contributed by atoms with E-state index in [9.17, 15) is 0 Å². The van der Waals surface area contributed by atoms with E-state index in [4.69, 9.17) is 14.6 Å². The Balaban J connectivity index is 1.92. The quantitative estimate of drug-likeness (QED) is 0.645. The Labute approximate surface area is 66.3 Å². The molecule has 2 rings (SSSR count). The molecule has 11 heavy (non-hydrogen) atoms. The summed E-state index contributed by atoms with van der Waals surface area (Å²) in [5.41, 5.74) is 0. The molecule has 64 valence electrons. The molecule has 1 saturated heterocycles. The molecule has 0 spiro atoms. The van der Waals surface area contributed by atoms with Crippen molar-refractivity contribution >= 4 is 0 Å². The largest absolute Gasteiger partial charge is 0.396 e. The summed E-state index contributed by atoms with van der Waals surface area (Å²) in [7, 11) is 1.67. The summed E-state index contributed by atoms with van der Waals surface area (Å²) in [5.74, 6) is 1.11. The zero-order chi connectivity index (χ0) is 7.84. The molecule has 0 amide bonds. The minimum atomic E-state index is -0.0501. The van der Waals surface area contributed by atoms with Crippen molar-refractivity contribution in [3.63, 3.8) is 0 Å². The highest BCUT2D eigenvalue weighted by atomic mass is 16.7. The number of rotatable bonds is 3. The van der Waals surface area contributed by atoms with E-state index in [-0.39, 0.29) is 12.9 Å². The number of fused-ring (bicyclic) bond motifs is 1. The number of aliphatic hydroxyl groups is 1. The minimum absolute atomic E-state index is 0.0501. The summed E-state index contributed by atoms with van der Waals surface area (Å²) in [6.45, 7) is 0.247. The van der Waals surface area contributed by atoms with Gasteiger partial charge in [-0.05, 0) is 18.8 Å². The van der Waals surface area contributed by atoms with Gasteiger partial charge in [0.15, 0.2) is 6.29 Å². The van der Waals surface area contributed by atoms with Crippen LogP contribution in [0.4, 0.5) is 0 Å². The summed E-state index contributed by atoms with van der Waals surface area (Å²) >= 11 is 0. The lowest BCUT2D eigenvalue weighted by atomic mass is 10.0. The van der Waals surface area contributed by atoms with Gasteiger partial charge in [0.1, 0.15) is 0 Å². The second-order valence-electron chi connectivity index (χ2n) is 3.35. The summed E-state index contributed by atoms with van der Waals surface area (Å²) in [4.78, 5) is 0. The standard InChI is InChI=1S/C8H14O3/c1-10-8-5(2-3-9)6-4-7(6)11-8/h5-9H,2-4H2,1H3. The van der Waals surface area contributed by atoms with E-state index in [0.717, 1.165) is 6.42 Å². The van der Waals surface area contributed by atoms with Crippen LogP contribution in [0.3, 0.4) is 0 Å². The van der Waals surface area contributed by atoms with E-state index in [1.54, 1.807) is 7.11 Å². The van der Waals surface area contributed by atoms with Gasteiger partial charge in [-0.3, -0.25) is 0 Å². The van der Waals surface area contributed by atoms with Crippen LogP contribution >= 0.6 is 0 Å². The van der Waals surface area contributed by atoms with Gasteiger partial charge in [-0.25, -0.2) is 0 Å². The molecular formula is C8H14O3. The van der Waals surface area contributed by atoms with Gasteiger partial charge in [-0.2, -0.15) is 0 Å². The topological polar surface area (TPSA) is 38.7 Å². The summed E-state index contributed by atoms with van der Waals surface area (Å²) in [6.07, 6.45) is 2.38. The number of aliphatic hydroxyl groups excluding tert-OH is 1. The number of methoxy groups -OCH3 is 1. The predicted octanol–water partition coefficient (Wildman–Crippen LogP) is 0.376. The van der Waals surface area contributed by atoms with Crippen molar-refractivity contribution in [3.05, 3.63) is 0 Å². The van der Waals surface area contributed by atoms with E-state index in [0.29, 0.717) is 17.9 Å². The Kier molecular flexibility index (Phi) is 1.87. The maximum absolute atomic E-state index is 8.77. The minimum Gasteiger partial charge on any atom is -0.396 e. The lowest BCUT2D eigenvalue weighted by Crippen LogP contribution is -2.22. The number of hydrogen-bond donors (Lipinski definition) is 1. The first-order valence-electron chi connectivity index (χ1n) is 4.16. The Morgan fingerprint density at radius 2 is 2.45 bits per heavy atom. The summed E-state index contributed by atoms with van der Waals surface area (Å²) in [6, 6.07) is 0. The number of ether oxygens (including phenoxy) is 2. The molecule has 4 unspecified atom stereocenters. The Morgan fingerprint density at radius 3 is 3.09 bits per heavy atom. The molecule has 0 bridgehead atoms. The lowest BCUT2D eigenvalue weighted by Gasteiger charge is -2.18. The fourth-order valence-electron chi connectivity index (χ4n) is 2.00. The van der Waals surface area contributed by atoms with Crippen molar-refractivity contribution in [1.29, 1.82) is 0 Å². The summed E-state index contributed by atoms with van der Waals surface area (Å²) < 4.78 is 10.7. The molecule has 0 radical (unpaired) electrons. The van der Waals surface area contributed by atoms with Gasteiger partial charge in [0.05, 0.1) is 6.10 Å². The van der Waals surface area contributed by atoms with E-state index in [2.05, 4.69) is 0 Å². The molecule has 0 aromatic heterocycles. The second-order valence-corrected chi connectivity index (χ2v) is 3.35. The van der Waals surface area contributed by atoms with Crippen molar-refractivity contribution < 1.29 is 14.6 Å². The number of hydrogen-bond acceptors (Lipinski definition) is 3. The third-order valence-electron chi connectivity index (χ3n) is 2.68. The highest BCUT2D eigenvalue weighted by Crippen LogP contribution is 2.50. The molecule has 1 heterocycles. The molecule has 1 N–H and O–H groups in total. The highest BCUT2D eigenvalue weighted by Gasteiger charge is 2.54. The molecule has 0 aromatic rings. The molecule has 4 atom stereocenters. The second kappa shape index (κ2) is 2.73. The fourth-order valence-corrected chi connectivity index (χ4v) is 2.00. The van der Waals surface area contributed by atoms with Gasteiger partial charge in [-0.15, -0.1) is 0 Å². The van der Waals surface area contributed by atoms with E-state index in [1.807, 2.05) is 0 Å². The third kappa shape index (κ3) is 1.17. The van der Waals surface area contributed by atoms with Crippen LogP contribution in [0.25, 0.3) is 0 Å². The van der Waals surface area contributed by atoms with Gasteiger partial charge < -0.3 is 14.6 Å². The SMILES string of the molecule is COC1OC2CC2C1CCO. The normalized spacial score (nSPS) is 47.5. The maximum Gasteiger partial charge on any atom is 0.160 e. The van der Waals surface area contributed by atoms with E-state index >= 15 is 0 Å². The van der Waals surface area contributed by atoms with Crippen molar-refractivity contribution in [3.8, 4) is 0 Å². The monoisotopic (exact) mass is 158 g/mol. The van der Waals surface area contributed by atoms with Crippen LogP contribution in [0.2, 0.25) is 0 Å². The smallest absolute Gasteiger partial charge is 0.160 e. The van der Waals surface area contributed by atoms with Crippen LogP contribution in [-0.2, 0) is 9.47 Å². The zero-order valence-corrected chi connectivity index (χ0v) is 6.69. The van der Waals surface area contributed by atoms with Crippen molar-refractivity contribution in [1.82, 2.24) is 0 Å². The van der Waals surface area contributed by atoms with Crippen LogP contribution in [0.5, 0.6) is 0 Å². The third-order valence-corrected chi connectivity index (χ3v) is 2.68. The first kappa shape index (κ1) is 7.53.